The van der Waals surface area contributed by atoms with Crippen LogP contribution in [0.2, 0.25) is 0 Å². The van der Waals surface area contributed by atoms with Crippen LogP contribution in [0.5, 0.6) is 0 Å². The minimum absolute atomic E-state index is 0.145. The zero-order valence-corrected chi connectivity index (χ0v) is 13.3. The summed E-state index contributed by atoms with van der Waals surface area (Å²) in [6.45, 7) is 3.14. The van der Waals surface area contributed by atoms with E-state index in [2.05, 4.69) is 20.3 Å². The molecule has 0 fully saturated rings. The highest BCUT2D eigenvalue weighted by Crippen LogP contribution is 2.17. The highest BCUT2D eigenvalue weighted by Gasteiger charge is 2.13. The number of rotatable bonds is 6. The van der Waals surface area contributed by atoms with Crippen molar-refractivity contribution in [3.8, 4) is 0 Å². The summed E-state index contributed by atoms with van der Waals surface area (Å²) in [7, 11) is 0. The van der Waals surface area contributed by atoms with Crippen molar-refractivity contribution in [2.45, 2.75) is 19.9 Å². The molecule has 4 N–H and O–H groups in total. The van der Waals surface area contributed by atoms with Crippen molar-refractivity contribution < 1.29 is 9.90 Å². The van der Waals surface area contributed by atoms with E-state index in [0.717, 1.165) is 26.5 Å². The molecule has 0 radical (unpaired) electrons. The van der Waals surface area contributed by atoms with Gasteiger partial charge in [-0.3, -0.25) is 0 Å². The van der Waals surface area contributed by atoms with Gasteiger partial charge in [0.2, 0.25) is 0 Å². The number of carboxylic acids is 1. The molecule has 7 nitrogen and oxygen atoms in total. The number of imidazole rings is 1. The molecule has 0 aliphatic heterocycles. The maximum absolute atomic E-state index is 11.2. The zero-order chi connectivity index (χ0) is 16.4. The molecule has 3 aromatic rings. The molecule has 23 heavy (non-hydrogen) atoms. The molecule has 0 saturated carbocycles. The van der Waals surface area contributed by atoms with Gasteiger partial charge < -0.3 is 20.4 Å². The van der Waals surface area contributed by atoms with Gasteiger partial charge in [-0.15, -0.1) is 11.3 Å². The third kappa shape index (κ3) is 3.49. The molecule has 8 heteroatoms. The van der Waals surface area contributed by atoms with Crippen LogP contribution in [0.15, 0.2) is 23.0 Å². The monoisotopic (exact) mass is 332 g/mol. The van der Waals surface area contributed by atoms with Gasteiger partial charge >= 0.3 is 11.7 Å². The van der Waals surface area contributed by atoms with Crippen molar-refractivity contribution >= 4 is 28.3 Å². The average molecular weight is 332 g/mol. The summed E-state index contributed by atoms with van der Waals surface area (Å²) in [5.74, 6) is -0.980. The fourth-order valence-corrected chi connectivity index (χ4v) is 3.30. The van der Waals surface area contributed by atoms with E-state index in [0.29, 0.717) is 19.5 Å². The van der Waals surface area contributed by atoms with Crippen LogP contribution in [0.25, 0.3) is 11.0 Å². The number of aromatic amines is 2. The first-order valence-corrected chi connectivity index (χ1v) is 7.96. The van der Waals surface area contributed by atoms with Crippen LogP contribution in [0, 0.1) is 6.92 Å². The van der Waals surface area contributed by atoms with Crippen molar-refractivity contribution in [3.63, 3.8) is 0 Å². The minimum atomic E-state index is -0.980. The lowest BCUT2D eigenvalue weighted by Crippen LogP contribution is -2.16. The number of carbonyl (C=O) groups is 1. The van der Waals surface area contributed by atoms with E-state index in [1.807, 2.05) is 18.2 Å². The molecule has 120 valence electrons. The number of H-pyrrole nitrogens is 2. The van der Waals surface area contributed by atoms with Crippen LogP contribution in [0.3, 0.4) is 0 Å². The van der Waals surface area contributed by atoms with Crippen molar-refractivity contribution in [3.05, 3.63) is 49.8 Å². The number of nitrogens with zero attached hydrogens (tertiary/aromatic N) is 1. The lowest BCUT2D eigenvalue weighted by molar-refractivity contribution is 0.0690. The van der Waals surface area contributed by atoms with Crippen LogP contribution in [0.1, 0.15) is 25.9 Å². The largest absolute Gasteiger partial charge is 0.476 e. The summed E-state index contributed by atoms with van der Waals surface area (Å²) in [5, 5.41) is 13.1. The maximum Gasteiger partial charge on any atom is 0.355 e. The molecule has 0 spiro atoms. The normalized spacial score (nSPS) is 11.2. The Morgan fingerprint density at radius 1 is 1.35 bits per heavy atom. The first-order chi connectivity index (χ1) is 11.0. The number of aryl methyl sites for hydroxylation is 1. The molecule has 2 aromatic heterocycles. The van der Waals surface area contributed by atoms with Gasteiger partial charge in [-0.25, -0.2) is 14.6 Å². The fourth-order valence-electron chi connectivity index (χ4n) is 2.37. The number of benzene rings is 1. The highest BCUT2D eigenvalue weighted by atomic mass is 32.1. The van der Waals surface area contributed by atoms with Gasteiger partial charge in [0.15, 0.2) is 5.69 Å². The third-order valence-corrected chi connectivity index (χ3v) is 4.50. The topological polar surface area (TPSA) is 111 Å². The number of hydrogen-bond acceptors (Lipinski definition) is 5. The average Bonchev–Trinajstić information content (AvgIpc) is 3.04. The van der Waals surface area contributed by atoms with Gasteiger partial charge in [0, 0.05) is 24.4 Å². The molecule has 2 heterocycles. The molecule has 1 aromatic carbocycles. The van der Waals surface area contributed by atoms with Gasteiger partial charge in [-0.05, 0) is 24.6 Å². The molecule has 3 rings (SSSR count). The second-order valence-corrected chi connectivity index (χ2v) is 6.49. The predicted octanol–water partition coefficient (Wildman–Crippen LogP) is 1.65. The minimum Gasteiger partial charge on any atom is -0.476 e. The summed E-state index contributed by atoms with van der Waals surface area (Å²) in [4.78, 5) is 32.5. The Morgan fingerprint density at radius 2 is 2.13 bits per heavy atom. The smallest absolute Gasteiger partial charge is 0.355 e. The first kappa shape index (κ1) is 15.4. The van der Waals surface area contributed by atoms with E-state index in [9.17, 15) is 9.59 Å². The molecule has 0 saturated heterocycles. The standard InChI is InChI=1S/C15H16N4O3S/c1-8-13(14(20)21)19-12(23-8)4-5-16-7-9-2-3-10-11(6-9)18-15(22)17-10/h2-3,6,16H,4-5,7H2,1H3,(H,20,21)(H2,17,18,22). The van der Waals surface area contributed by atoms with Crippen molar-refractivity contribution in [1.29, 1.82) is 0 Å². The van der Waals surface area contributed by atoms with E-state index in [4.69, 9.17) is 5.11 Å². The Kier molecular flexibility index (Phi) is 4.26. The fraction of sp³-hybridized carbons (Fsp3) is 0.267. The Bertz CT molecular complexity index is 909. The number of aromatic carboxylic acids is 1. The summed E-state index contributed by atoms with van der Waals surface area (Å²) in [5.41, 5.74) is 2.58. The van der Waals surface area contributed by atoms with E-state index in [-0.39, 0.29) is 11.4 Å². The summed E-state index contributed by atoms with van der Waals surface area (Å²) < 4.78 is 0. The molecule has 0 bridgehead atoms. The number of fused-ring (bicyclic) bond motifs is 1. The number of aromatic nitrogens is 3. The van der Waals surface area contributed by atoms with Crippen molar-refractivity contribution in [2.24, 2.45) is 0 Å². The zero-order valence-electron chi connectivity index (χ0n) is 12.5. The molecular formula is C15H16N4O3S. The van der Waals surface area contributed by atoms with Gasteiger partial charge in [-0.1, -0.05) is 6.07 Å². The predicted molar refractivity (Wildman–Crippen MR) is 88.1 cm³/mol. The summed E-state index contributed by atoms with van der Waals surface area (Å²) >= 11 is 1.42. The van der Waals surface area contributed by atoms with Gasteiger partial charge in [0.1, 0.15) is 0 Å². The maximum atomic E-state index is 11.2. The molecule has 0 amide bonds. The Labute approximate surface area is 135 Å². The van der Waals surface area contributed by atoms with Gasteiger partial charge in [-0.2, -0.15) is 0 Å². The highest BCUT2D eigenvalue weighted by molar-refractivity contribution is 7.11. The van der Waals surface area contributed by atoms with Gasteiger partial charge in [0.05, 0.1) is 16.0 Å². The van der Waals surface area contributed by atoms with Crippen LogP contribution in [-0.4, -0.2) is 32.6 Å². The second kappa shape index (κ2) is 6.35. The van der Waals surface area contributed by atoms with Crippen LogP contribution >= 0.6 is 11.3 Å². The Morgan fingerprint density at radius 3 is 2.87 bits per heavy atom. The second-order valence-electron chi connectivity index (χ2n) is 5.20. The van der Waals surface area contributed by atoms with Gasteiger partial charge in [0.25, 0.3) is 0 Å². The molecule has 0 aliphatic carbocycles. The first-order valence-electron chi connectivity index (χ1n) is 7.14. The van der Waals surface area contributed by atoms with Crippen molar-refractivity contribution in [2.75, 3.05) is 6.54 Å². The van der Waals surface area contributed by atoms with Crippen molar-refractivity contribution in [1.82, 2.24) is 20.3 Å². The lowest BCUT2D eigenvalue weighted by Gasteiger charge is -2.03. The SMILES string of the molecule is Cc1sc(CCNCc2ccc3[nH]c(=O)[nH]c3c2)nc1C(=O)O. The van der Waals surface area contributed by atoms with Crippen LogP contribution < -0.4 is 11.0 Å². The number of carboxylic acid groups (broad SMARTS) is 1. The molecular weight excluding hydrogens is 316 g/mol. The molecule has 0 unspecified atom stereocenters. The molecule has 0 atom stereocenters. The molecule has 0 aliphatic rings. The van der Waals surface area contributed by atoms with E-state index >= 15 is 0 Å². The van der Waals surface area contributed by atoms with E-state index in [1.165, 1.54) is 11.3 Å². The van der Waals surface area contributed by atoms with Crippen LogP contribution in [-0.2, 0) is 13.0 Å². The number of thiazole rings is 1. The summed E-state index contributed by atoms with van der Waals surface area (Å²) in [6.07, 6.45) is 0.683. The number of hydrogen-bond donors (Lipinski definition) is 4. The van der Waals surface area contributed by atoms with E-state index in [1.54, 1.807) is 6.92 Å². The van der Waals surface area contributed by atoms with E-state index < -0.39 is 5.97 Å². The summed E-state index contributed by atoms with van der Waals surface area (Å²) in [6, 6.07) is 5.75. The Balaban J connectivity index is 1.55. The number of nitrogens with one attached hydrogen (secondary N) is 3. The quantitative estimate of drug-likeness (QED) is 0.513. The van der Waals surface area contributed by atoms with Crippen LogP contribution in [0.4, 0.5) is 0 Å². The Hall–Kier alpha value is -2.45. The third-order valence-electron chi connectivity index (χ3n) is 3.47. The lowest BCUT2D eigenvalue weighted by atomic mass is 10.2.